The molecule has 0 aliphatic rings. The summed E-state index contributed by atoms with van der Waals surface area (Å²) in [7, 11) is -27.8. The van der Waals surface area contributed by atoms with E-state index in [-0.39, 0.29) is 87.4 Å². The number of hydrogen-bond donors (Lipinski definition) is 10. The fraction of sp³-hybridized carbons (Fsp3) is 0. The van der Waals surface area contributed by atoms with E-state index < -0.39 is 81.2 Å². The summed E-state index contributed by atoms with van der Waals surface area (Å²) in [5.41, 5.74) is -3.02. The second kappa shape index (κ2) is 21.2. The van der Waals surface area contributed by atoms with Crippen LogP contribution < -0.4 is 54.3 Å². The minimum absolute atomic E-state index is 0.0244. The maximum Gasteiger partial charge on any atom is 0.238 e. The summed E-state index contributed by atoms with van der Waals surface area (Å²) in [6.07, 6.45) is 0. The number of nitrogens with zero attached hydrogens (tertiary/aromatic N) is 6. The predicted molar refractivity (Wildman–Crippen MR) is 269 cm³/mol. The van der Waals surface area contributed by atoms with Gasteiger partial charge >= 0.3 is 0 Å². The summed E-state index contributed by atoms with van der Waals surface area (Å²) in [5.74, 6) is 0. The van der Waals surface area contributed by atoms with Crippen molar-refractivity contribution in [3.63, 3.8) is 0 Å². The van der Waals surface area contributed by atoms with Gasteiger partial charge in [-0.3, -0.25) is 29.9 Å². The number of sulfonamides is 4. The average Bonchev–Trinajstić information content (AvgIpc) is 3.43. The topological polar surface area (TPSA) is 524 Å². The third-order valence-electron chi connectivity index (χ3n) is 10.2. The number of H-pyrrole nitrogens is 6. The number of benzene rings is 6. The molecule has 2 heterocycles. The first-order valence-corrected chi connectivity index (χ1v) is 30.2. The average molecular weight is 1180 g/mol. The van der Waals surface area contributed by atoms with Gasteiger partial charge in [0, 0.05) is 11.1 Å². The maximum atomic E-state index is 13.0. The highest BCUT2D eigenvalue weighted by molar-refractivity contribution is 7.90. The lowest BCUT2D eigenvalue weighted by Gasteiger charge is -2.18. The Morgan fingerprint density at radius 3 is 0.692 bits per heavy atom. The van der Waals surface area contributed by atoms with Crippen LogP contribution in [-0.2, 0) is 60.3 Å². The van der Waals surface area contributed by atoms with Gasteiger partial charge in [0.2, 0.25) is 73.8 Å². The van der Waals surface area contributed by atoms with Crippen molar-refractivity contribution in [3.05, 3.63) is 167 Å². The summed E-state index contributed by atoms with van der Waals surface area (Å²) in [6.45, 7) is 0. The highest BCUT2D eigenvalue weighted by Gasteiger charge is 2.19. The Morgan fingerprint density at radius 1 is 0.295 bits per heavy atom. The molecule has 406 valence electrons. The van der Waals surface area contributed by atoms with Gasteiger partial charge in [0.15, 0.2) is 0 Å². The molecule has 30 nitrogen and oxygen atoms in total. The first kappa shape index (κ1) is 55.8. The SMILES string of the molecule is NS(=O)(=O)c1cccc(N=c2[nH]c(=Nc3cccc(S(N)(=O)=O)c3)[nH]c(=Nc3ccc(-c4ccc(N=c5[nH]c(=Nc6cccc(S(N)(=O)=O)c6)[nH]c(=Nc6cccc(S(N)(=O)=O)c6)[nH]5)cc4S(=O)(=O)[O-])c(S(=O)(=O)[O-])c3)[nH]2)c1. The molecule has 0 saturated carbocycles. The van der Waals surface area contributed by atoms with Crippen molar-refractivity contribution in [2.45, 2.75) is 29.4 Å². The van der Waals surface area contributed by atoms with Crippen molar-refractivity contribution in [2.75, 3.05) is 0 Å². The summed E-state index contributed by atoms with van der Waals surface area (Å²) in [4.78, 5) is 39.1. The zero-order valence-electron chi connectivity index (χ0n) is 38.9. The Bertz CT molecular complexity index is 4420. The van der Waals surface area contributed by atoms with Crippen molar-refractivity contribution in [1.82, 2.24) is 29.9 Å². The van der Waals surface area contributed by atoms with Crippen LogP contribution in [-0.4, -0.2) is 89.5 Å². The first-order valence-electron chi connectivity index (χ1n) is 21.2. The van der Waals surface area contributed by atoms with Crippen molar-refractivity contribution < 1.29 is 59.6 Å². The molecule has 8 aromatic rings. The molecule has 0 radical (unpaired) electrons. The largest absolute Gasteiger partial charge is 0.744 e. The zero-order chi connectivity index (χ0) is 56.6. The number of nitrogens with one attached hydrogen (secondary N) is 6. The van der Waals surface area contributed by atoms with Crippen molar-refractivity contribution in [2.24, 2.45) is 50.5 Å². The monoisotopic (exact) mass is 1180 g/mol. The van der Waals surface area contributed by atoms with E-state index in [0.717, 1.165) is 60.7 Å². The van der Waals surface area contributed by atoms with Gasteiger partial charge < -0.3 is 9.11 Å². The molecule has 0 saturated heterocycles. The summed E-state index contributed by atoms with van der Waals surface area (Å²) in [6, 6.07) is 26.1. The van der Waals surface area contributed by atoms with Gasteiger partial charge in [-0.05, 0) is 97.1 Å². The van der Waals surface area contributed by atoms with Gasteiger partial charge in [0.1, 0.15) is 20.2 Å². The molecule has 0 bridgehead atoms. The fourth-order valence-corrected chi connectivity index (χ4v) is 10.5. The van der Waals surface area contributed by atoms with Gasteiger partial charge in [-0.1, -0.05) is 36.4 Å². The Morgan fingerprint density at radius 2 is 0.500 bits per heavy atom. The molecule has 36 heteroatoms. The van der Waals surface area contributed by atoms with Gasteiger partial charge in [-0.2, -0.15) is 0 Å². The molecular formula is C42H36N16O14S6-2. The standard InChI is InChI=1S/C42H38N16O14S6/c43-73(59,60)29-9-1-5-23(17-29)47-37-53-38(48-24-6-2-10-30(18-24)74(44,61)62)56-41(55-37)51-27-13-15-33(35(21-27)77(67,68)69)34-16-14-28(22-36(34)78(70,71)72)52-42-57-39(49-25-7-3-11-31(19-25)75(45,63)64)54-40(58-42)50-26-8-4-12-32(20-26)76(46,65)66/h1-22H,(H2,43,59,60)(H2,44,61,62)(H2,45,63,64)(H2,46,65,66)(H,67,68,69)(H,70,71,72)(H3,47,48,51,53,55,56)(H3,49,50,52,54,57,58)/p-2. The number of aromatic amines is 6. The number of aromatic nitrogens is 6. The second-order valence-corrected chi connectivity index (χ2v) is 24.9. The summed E-state index contributed by atoms with van der Waals surface area (Å²) >= 11 is 0. The lowest BCUT2D eigenvalue weighted by molar-refractivity contribution is 0.460. The molecule has 0 atom stereocenters. The van der Waals surface area contributed by atoms with E-state index in [4.69, 9.17) is 20.6 Å². The molecule has 2 aromatic heterocycles. The molecule has 6 aromatic carbocycles. The highest BCUT2D eigenvalue weighted by atomic mass is 32.2. The van der Waals surface area contributed by atoms with Crippen LogP contribution in [0.5, 0.6) is 0 Å². The van der Waals surface area contributed by atoms with E-state index in [1.807, 2.05) is 0 Å². The van der Waals surface area contributed by atoms with Gasteiger partial charge in [0.05, 0.1) is 63.5 Å². The maximum absolute atomic E-state index is 13.0. The predicted octanol–water partition coefficient (Wildman–Crippen LogP) is -0.886. The number of nitrogens with two attached hydrogens (primary N) is 4. The van der Waals surface area contributed by atoms with Crippen LogP contribution in [0, 0.1) is 0 Å². The molecule has 14 N–H and O–H groups in total. The molecule has 8 rings (SSSR count). The van der Waals surface area contributed by atoms with E-state index in [1.54, 1.807) is 0 Å². The third kappa shape index (κ3) is 14.1. The quantitative estimate of drug-likeness (QED) is 0.0627. The Balaban J connectivity index is 1.28. The molecule has 78 heavy (non-hydrogen) atoms. The zero-order valence-corrected chi connectivity index (χ0v) is 43.8. The van der Waals surface area contributed by atoms with Crippen molar-refractivity contribution in [3.8, 4) is 11.1 Å². The fourth-order valence-electron chi connectivity index (χ4n) is 6.91. The number of rotatable bonds is 13. The minimum Gasteiger partial charge on any atom is -0.744 e. The van der Waals surface area contributed by atoms with Crippen LogP contribution in [0.25, 0.3) is 11.1 Å². The van der Waals surface area contributed by atoms with Crippen LogP contribution in [0.2, 0.25) is 0 Å². The van der Waals surface area contributed by atoms with Crippen LogP contribution in [0.4, 0.5) is 34.1 Å². The van der Waals surface area contributed by atoms with E-state index in [9.17, 15) is 59.6 Å². The minimum atomic E-state index is -5.56. The third-order valence-corrected chi connectivity index (χ3v) is 15.6. The molecular weight excluding hydrogens is 1140 g/mol. The van der Waals surface area contributed by atoms with Gasteiger partial charge in [-0.25, -0.2) is 101 Å². The Kier molecular flexibility index (Phi) is 15.2. The summed E-state index contributed by atoms with van der Waals surface area (Å²) < 4.78 is 174. The normalized spacial score (nSPS) is 13.7. The molecule has 0 aliphatic heterocycles. The second-order valence-electron chi connectivity index (χ2n) is 16.0. The summed E-state index contributed by atoms with van der Waals surface area (Å²) in [5, 5.41) is 21.1. The lowest BCUT2D eigenvalue weighted by Crippen LogP contribution is -2.36. The van der Waals surface area contributed by atoms with Gasteiger partial charge in [0.25, 0.3) is 0 Å². The molecule has 0 unspecified atom stereocenters. The molecule has 0 fully saturated rings. The van der Waals surface area contributed by atoms with Crippen molar-refractivity contribution >= 4 is 94.5 Å². The Hall–Kier alpha value is -8.40. The van der Waals surface area contributed by atoms with Crippen LogP contribution >= 0.6 is 0 Å². The Labute approximate surface area is 439 Å². The van der Waals surface area contributed by atoms with Gasteiger partial charge in [-0.15, -0.1) is 0 Å². The van der Waals surface area contributed by atoms with E-state index in [2.05, 4.69) is 59.9 Å². The van der Waals surface area contributed by atoms with Crippen LogP contribution in [0.15, 0.2) is 193 Å². The van der Waals surface area contributed by atoms with Crippen LogP contribution in [0.1, 0.15) is 0 Å². The van der Waals surface area contributed by atoms with Crippen LogP contribution in [0.3, 0.4) is 0 Å². The van der Waals surface area contributed by atoms with E-state index >= 15 is 0 Å². The molecule has 0 spiro atoms. The number of hydrogen-bond acceptors (Lipinski definition) is 20. The van der Waals surface area contributed by atoms with Crippen molar-refractivity contribution in [1.29, 1.82) is 0 Å². The lowest BCUT2D eigenvalue weighted by atomic mass is 10.0. The van der Waals surface area contributed by atoms with E-state index in [0.29, 0.717) is 0 Å². The number of primary sulfonamides is 4. The molecule has 0 aliphatic carbocycles. The first-order chi connectivity index (χ1) is 36.3. The molecule has 0 amide bonds. The highest BCUT2D eigenvalue weighted by Crippen LogP contribution is 2.36. The smallest absolute Gasteiger partial charge is 0.238 e. The van der Waals surface area contributed by atoms with E-state index in [1.165, 1.54) is 72.8 Å².